The first-order valence-corrected chi connectivity index (χ1v) is 8.58. The molecule has 3 rings (SSSR count). The first-order chi connectivity index (χ1) is 11.6. The average Bonchev–Trinajstić information content (AvgIpc) is 2.97. The number of aromatic amines is 1. The molecule has 0 aliphatic heterocycles. The SMILES string of the molecule is CCCCNC(=O)c1ccc2nc(-c3c(Cl)cccc3Cl)[nH]c2c1. The molecule has 4 nitrogen and oxygen atoms in total. The molecule has 2 aromatic carbocycles. The van der Waals surface area contributed by atoms with Gasteiger partial charge >= 0.3 is 0 Å². The van der Waals surface area contributed by atoms with Crippen LogP contribution in [0.25, 0.3) is 22.4 Å². The number of benzene rings is 2. The molecular weight excluding hydrogens is 345 g/mol. The molecule has 1 amide bonds. The summed E-state index contributed by atoms with van der Waals surface area (Å²) in [4.78, 5) is 19.9. The van der Waals surface area contributed by atoms with Crippen molar-refractivity contribution in [1.29, 1.82) is 0 Å². The summed E-state index contributed by atoms with van der Waals surface area (Å²) in [5.41, 5.74) is 2.78. The fraction of sp³-hybridized carbons (Fsp3) is 0.222. The number of imidazole rings is 1. The number of unbranched alkanes of at least 4 members (excludes halogenated alkanes) is 1. The van der Waals surface area contributed by atoms with E-state index in [2.05, 4.69) is 22.2 Å². The van der Waals surface area contributed by atoms with E-state index in [9.17, 15) is 4.79 Å². The quantitative estimate of drug-likeness (QED) is 0.623. The van der Waals surface area contributed by atoms with Crippen molar-refractivity contribution in [2.45, 2.75) is 19.8 Å². The number of hydrogen-bond acceptors (Lipinski definition) is 2. The second kappa shape index (κ2) is 7.24. The van der Waals surface area contributed by atoms with Gasteiger partial charge in [-0.15, -0.1) is 0 Å². The number of rotatable bonds is 5. The number of hydrogen-bond donors (Lipinski definition) is 2. The fourth-order valence-electron chi connectivity index (χ4n) is 2.47. The highest BCUT2D eigenvalue weighted by atomic mass is 35.5. The number of carbonyl (C=O) groups is 1. The maximum absolute atomic E-state index is 12.2. The number of fused-ring (bicyclic) bond motifs is 1. The highest BCUT2D eigenvalue weighted by molar-refractivity contribution is 6.39. The lowest BCUT2D eigenvalue weighted by atomic mass is 10.2. The Morgan fingerprint density at radius 1 is 1.21 bits per heavy atom. The van der Waals surface area contributed by atoms with Crippen LogP contribution in [0, 0.1) is 0 Å². The van der Waals surface area contributed by atoms with Gasteiger partial charge in [0.05, 0.1) is 26.6 Å². The van der Waals surface area contributed by atoms with Crippen molar-refractivity contribution in [2.75, 3.05) is 6.54 Å². The Bertz CT molecular complexity index is 869. The van der Waals surface area contributed by atoms with Gasteiger partial charge in [-0.2, -0.15) is 0 Å². The first kappa shape index (κ1) is 16.8. The number of halogens is 2. The zero-order valence-corrected chi connectivity index (χ0v) is 14.7. The van der Waals surface area contributed by atoms with Gasteiger partial charge in [-0.25, -0.2) is 4.98 Å². The standard InChI is InChI=1S/C18H17Cl2N3O/c1-2-3-9-21-18(24)11-7-8-14-15(10-11)23-17(22-14)16-12(19)5-4-6-13(16)20/h4-8,10H,2-3,9H2,1H3,(H,21,24)(H,22,23). The van der Waals surface area contributed by atoms with E-state index in [-0.39, 0.29) is 5.91 Å². The molecule has 0 aliphatic carbocycles. The third-order valence-corrected chi connectivity index (χ3v) is 4.39. The maximum atomic E-state index is 12.2. The number of carbonyl (C=O) groups excluding carboxylic acids is 1. The Morgan fingerprint density at radius 3 is 2.67 bits per heavy atom. The molecule has 0 bridgehead atoms. The van der Waals surface area contributed by atoms with E-state index in [0.29, 0.717) is 33.5 Å². The average molecular weight is 362 g/mol. The number of amides is 1. The van der Waals surface area contributed by atoms with Crippen LogP contribution in [-0.4, -0.2) is 22.4 Å². The van der Waals surface area contributed by atoms with E-state index in [0.717, 1.165) is 23.9 Å². The molecule has 0 radical (unpaired) electrons. The van der Waals surface area contributed by atoms with E-state index in [1.807, 2.05) is 6.07 Å². The molecule has 0 atom stereocenters. The van der Waals surface area contributed by atoms with Crippen molar-refractivity contribution in [1.82, 2.24) is 15.3 Å². The van der Waals surface area contributed by atoms with Gasteiger partial charge < -0.3 is 10.3 Å². The highest BCUT2D eigenvalue weighted by Crippen LogP contribution is 2.33. The molecule has 0 unspecified atom stereocenters. The minimum atomic E-state index is -0.0859. The van der Waals surface area contributed by atoms with Crippen LogP contribution in [-0.2, 0) is 0 Å². The number of nitrogens with zero attached hydrogens (tertiary/aromatic N) is 1. The summed E-state index contributed by atoms with van der Waals surface area (Å²) < 4.78 is 0. The Kier molecular flexibility index (Phi) is 5.07. The van der Waals surface area contributed by atoms with Crippen LogP contribution in [0.4, 0.5) is 0 Å². The van der Waals surface area contributed by atoms with E-state index in [1.54, 1.807) is 30.3 Å². The normalized spacial score (nSPS) is 11.0. The minimum absolute atomic E-state index is 0.0859. The van der Waals surface area contributed by atoms with Crippen LogP contribution in [0.3, 0.4) is 0 Å². The summed E-state index contributed by atoms with van der Waals surface area (Å²) in [7, 11) is 0. The third-order valence-electron chi connectivity index (χ3n) is 3.76. The van der Waals surface area contributed by atoms with Crippen molar-refractivity contribution in [3.63, 3.8) is 0 Å². The first-order valence-electron chi connectivity index (χ1n) is 7.82. The second-order valence-corrected chi connectivity index (χ2v) is 6.34. The van der Waals surface area contributed by atoms with Crippen LogP contribution >= 0.6 is 23.2 Å². The topological polar surface area (TPSA) is 57.8 Å². The molecule has 0 saturated heterocycles. The van der Waals surface area contributed by atoms with Crippen molar-refractivity contribution in [3.8, 4) is 11.4 Å². The van der Waals surface area contributed by atoms with Gasteiger partial charge in [-0.1, -0.05) is 42.6 Å². The molecular formula is C18H17Cl2N3O. The van der Waals surface area contributed by atoms with Crippen LogP contribution in [0.1, 0.15) is 30.1 Å². The predicted molar refractivity (Wildman–Crippen MR) is 98.8 cm³/mol. The molecule has 1 heterocycles. The van der Waals surface area contributed by atoms with E-state index in [1.165, 1.54) is 0 Å². The largest absolute Gasteiger partial charge is 0.352 e. The van der Waals surface area contributed by atoms with Gasteiger partial charge in [0, 0.05) is 12.1 Å². The molecule has 0 aliphatic rings. The molecule has 6 heteroatoms. The van der Waals surface area contributed by atoms with Crippen molar-refractivity contribution >= 4 is 40.1 Å². The molecule has 3 aromatic rings. The molecule has 0 fully saturated rings. The number of H-pyrrole nitrogens is 1. The Balaban J connectivity index is 1.93. The maximum Gasteiger partial charge on any atom is 0.251 e. The lowest BCUT2D eigenvalue weighted by molar-refractivity contribution is 0.0953. The molecule has 0 saturated carbocycles. The summed E-state index contributed by atoms with van der Waals surface area (Å²) in [6.45, 7) is 2.76. The minimum Gasteiger partial charge on any atom is -0.352 e. The van der Waals surface area contributed by atoms with Crippen LogP contribution in [0.5, 0.6) is 0 Å². The highest BCUT2D eigenvalue weighted by Gasteiger charge is 2.14. The lowest BCUT2D eigenvalue weighted by Crippen LogP contribution is -2.24. The molecule has 2 N–H and O–H groups in total. The number of aromatic nitrogens is 2. The van der Waals surface area contributed by atoms with Gasteiger partial charge in [-0.05, 0) is 36.8 Å². The zero-order chi connectivity index (χ0) is 17.1. The molecule has 1 aromatic heterocycles. The second-order valence-electron chi connectivity index (χ2n) is 5.52. The molecule has 124 valence electrons. The van der Waals surface area contributed by atoms with Gasteiger partial charge in [0.1, 0.15) is 5.82 Å². The lowest BCUT2D eigenvalue weighted by Gasteiger charge is -2.03. The Hall–Kier alpha value is -2.04. The third kappa shape index (κ3) is 3.40. The van der Waals surface area contributed by atoms with Crippen LogP contribution in [0.2, 0.25) is 10.0 Å². The summed E-state index contributed by atoms with van der Waals surface area (Å²) in [5, 5.41) is 3.96. The van der Waals surface area contributed by atoms with Crippen LogP contribution in [0.15, 0.2) is 36.4 Å². The van der Waals surface area contributed by atoms with E-state index >= 15 is 0 Å². The van der Waals surface area contributed by atoms with Crippen molar-refractivity contribution in [3.05, 3.63) is 52.0 Å². The van der Waals surface area contributed by atoms with Gasteiger partial charge in [0.2, 0.25) is 0 Å². The smallest absolute Gasteiger partial charge is 0.251 e. The molecule has 0 spiro atoms. The van der Waals surface area contributed by atoms with Crippen molar-refractivity contribution < 1.29 is 4.79 Å². The van der Waals surface area contributed by atoms with Crippen LogP contribution < -0.4 is 5.32 Å². The van der Waals surface area contributed by atoms with Gasteiger partial charge in [0.15, 0.2) is 0 Å². The predicted octanol–water partition coefficient (Wildman–Crippen LogP) is 5.07. The zero-order valence-electron chi connectivity index (χ0n) is 13.2. The Labute approximate surface area is 150 Å². The molecule has 24 heavy (non-hydrogen) atoms. The number of nitrogens with one attached hydrogen (secondary N) is 2. The van der Waals surface area contributed by atoms with E-state index in [4.69, 9.17) is 23.2 Å². The summed E-state index contributed by atoms with van der Waals surface area (Å²) in [6.07, 6.45) is 2.01. The van der Waals surface area contributed by atoms with Crippen molar-refractivity contribution in [2.24, 2.45) is 0 Å². The van der Waals surface area contributed by atoms with Gasteiger partial charge in [-0.3, -0.25) is 4.79 Å². The van der Waals surface area contributed by atoms with E-state index < -0.39 is 0 Å². The monoisotopic (exact) mass is 361 g/mol. The summed E-state index contributed by atoms with van der Waals surface area (Å²) >= 11 is 12.5. The van der Waals surface area contributed by atoms with Gasteiger partial charge in [0.25, 0.3) is 5.91 Å². The Morgan fingerprint density at radius 2 is 1.96 bits per heavy atom. The fourth-order valence-corrected chi connectivity index (χ4v) is 3.05. The summed E-state index contributed by atoms with van der Waals surface area (Å²) in [6, 6.07) is 10.7. The summed E-state index contributed by atoms with van der Waals surface area (Å²) in [5.74, 6) is 0.501.